The quantitative estimate of drug-likeness (QED) is 0.420. The van der Waals surface area contributed by atoms with E-state index in [9.17, 15) is 18.0 Å². The van der Waals surface area contributed by atoms with Gasteiger partial charge >= 0.3 is 0 Å². The first-order valence-corrected chi connectivity index (χ1v) is 14.0. The molecule has 0 unspecified atom stereocenters. The Kier molecular flexibility index (Phi) is 10.9. The molecule has 2 aromatic rings. The predicted molar refractivity (Wildman–Crippen MR) is 142 cm³/mol. The summed E-state index contributed by atoms with van der Waals surface area (Å²) >= 11 is 12.3. The van der Waals surface area contributed by atoms with Crippen LogP contribution in [0, 0.1) is 5.92 Å². The van der Waals surface area contributed by atoms with Gasteiger partial charge in [0.05, 0.1) is 17.0 Å². The highest BCUT2D eigenvalue weighted by molar-refractivity contribution is 7.92. The Morgan fingerprint density at radius 2 is 1.69 bits per heavy atom. The summed E-state index contributed by atoms with van der Waals surface area (Å²) in [5, 5.41) is 3.48. The van der Waals surface area contributed by atoms with Gasteiger partial charge in [-0.2, -0.15) is 0 Å². The van der Waals surface area contributed by atoms with E-state index in [1.807, 2.05) is 44.2 Å². The second-order valence-electron chi connectivity index (χ2n) is 8.86. The normalized spacial score (nSPS) is 12.3. The van der Waals surface area contributed by atoms with Crippen molar-refractivity contribution in [1.82, 2.24) is 10.2 Å². The number of anilines is 1. The molecule has 192 valence electrons. The minimum Gasteiger partial charge on any atom is -0.354 e. The van der Waals surface area contributed by atoms with Gasteiger partial charge in [-0.3, -0.25) is 13.9 Å². The Hall–Kier alpha value is -2.29. The van der Waals surface area contributed by atoms with Gasteiger partial charge in [0.25, 0.3) is 0 Å². The summed E-state index contributed by atoms with van der Waals surface area (Å²) in [5.41, 5.74) is 1.16. The van der Waals surface area contributed by atoms with E-state index in [2.05, 4.69) is 5.32 Å². The molecule has 2 aromatic carbocycles. The summed E-state index contributed by atoms with van der Waals surface area (Å²) in [5.74, 6) is -0.192. The average Bonchev–Trinajstić information content (AvgIpc) is 2.79. The van der Waals surface area contributed by atoms with Crippen molar-refractivity contribution in [3.05, 3.63) is 64.1 Å². The molecule has 0 aliphatic heterocycles. The third kappa shape index (κ3) is 9.02. The lowest BCUT2D eigenvalue weighted by Crippen LogP contribution is -2.48. The molecule has 0 fully saturated rings. The SMILES string of the molecule is CC(C)CNC(=O)[C@@H](C)N(Cc1ccccc1)C(=O)CCCN(c1cc(Cl)ccc1Cl)S(C)(=O)=O. The standard InChI is InChI=1S/C25H33Cl2N3O4S/c1-18(2)16-28-25(32)19(3)29(17-20-9-6-5-7-10-20)24(31)11-8-14-30(35(4,33)34)23-15-21(26)12-13-22(23)27/h5-7,9-10,12-13,15,18-19H,8,11,14,16-17H2,1-4H3,(H,28,32)/t19-/m1/s1. The molecule has 0 aliphatic carbocycles. The molecule has 0 aliphatic rings. The van der Waals surface area contributed by atoms with Crippen molar-refractivity contribution in [3.8, 4) is 0 Å². The number of carbonyl (C=O) groups is 2. The molecular formula is C25H33Cl2N3O4S. The Balaban J connectivity index is 2.16. The van der Waals surface area contributed by atoms with Crippen molar-refractivity contribution in [3.63, 3.8) is 0 Å². The summed E-state index contributed by atoms with van der Waals surface area (Å²) in [6.45, 7) is 6.52. The molecule has 0 heterocycles. The van der Waals surface area contributed by atoms with Gasteiger partial charge in [0.15, 0.2) is 0 Å². The fourth-order valence-corrected chi connectivity index (χ4v) is 4.88. The minimum absolute atomic E-state index is 0.0394. The molecule has 35 heavy (non-hydrogen) atoms. The van der Waals surface area contributed by atoms with Crippen molar-refractivity contribution >= 4 is 50.7 Å². The molecule has 10 heteroatoms. The third-order valence-electron chi connectivity index (χ3n) is 5.38. The van der Waals surface area contributed by atoms with Crippen molar-refractivity contribution in [2.45, 2.75) is 46.2 Å². The predicted octanol–water partition coefficient (Wildman–Crippen LogP) is 4.73. The van der Waals surface area contributed by atoms with Crippen LogP contribution in [0.25, 0.3) is 0 Å². The zero-order valence-electron chi connectivity index (χ0n) is 20.5. The highest BCUT2D eigenvalue weighted by Crippen LogP contribution is 2.31. The number of hydrogen-bond donors (Lipinski definition) is 1. The fourth-order valence-electron chi connectivity index (χ4n) is 3.47. The highest BCUT2D eigenvalue weighted by atomic mass is 35.5. The van der Waals surface area contributed by atoms with Crippen molar-refractivity contribution in [1.29, 1.82) is 0 Å². The Bertz CT molecular complexity index is 1110. The van der Waals surface area contributed by atoms with E-state index >= 15 is 0 Å². The van der Waals surface area contributed by atoms with Crippen molar-refractivity contribution in [2.75, 3.05) is 23.7 Å². The maximum absolute atomic E-state index is 13.3. The molecule has 0 saturated carbocycles. The van der Waals surface area contributed by atoms with Crippen LogP contribution >= 0.6 is 23.2 Å². The molecule has 1 atom stereocenters. The summed E-state index contributed by atoms with van der Waals surface area (Å²) < 4.78 is 26.0. The summed E-state index contributed by atoms with van der Waals surface area (Å²) in [4.78, 5) is 27.5. The van der Waals surface area contributed by atoms with E-state index in [0.717, 1.165) is 16.1 Å². The van der Waals surface area contributed by atoms with Gasteiger partial charge < -0.3 is 10.2 Å². The number of nitrogens with one attached hydrogen (secondary N) is 1. The van der Waals surface area contributed by atoms with Gasteiger partial charge in [-0.15, -0.1) is 0 Å². The molecule has 2 rings (SSSR count). The monoisotopic (exact) mass is 541 g/mol. The van der Waals surface area contributed by atoms with Gasteiger partial charge in [0, 0.05) is 31.1 Å². The van der Waals surface area contributed by atoms with E-state index in [-0.39, 0.29) is 54.4 Å². The Morgan fingerprint density at radius 3 is 2.29 bits per heavy atom. The van der Waals surface area contributed by atoms with E-state index in [0.29, 0.717) is 11.6 Å². The number of sulfonamides is 1. The zero-order valence-corrected chi connectivity index (χ0v) is 22.8. The fraction of sp³-hybridized carbons (Fsp3) is 0.440. The number of rotatable bonds is 12. The van der Waals surface area contributed by atoms with Crippen LogP contribution < -0.4 is 9.62 Å². The van der Waals surface area contributed by atoms with Crippen LogP contribution in [0.1, 0.15) is 39.2 Å². The first kappa shape index (κ1) is 28.9. The second-order valence-corrected chi connectivity index (χ2v) is 11.6. The first-order chi connectivity index (χ1) is 16.4. The lowest BCUT2D eigenvalue weighted by atomic mass is 10.1. The maximum atomic E-state index is 13.3. The molecule has 0 radical (unpaired) electrons. The smallest absolute Gasteiger partial charge is 0.242 e. The Morgan fingerprint density at radius 1 is 1.03 bits per heavy atom. The number of amides is 2. The highest BCUT2D eigenvalue weighted by Gasteiger charge is 2.27. The molecule has 0 bridgehead atoms. The minimum atomic E-state index is -3.67. The number of benzene rings is 2. The van der Waals surface area contributed by atoms with Crippen molar-refractivity contribution < 1.29 is 18.0 Å². The number of nitrogens with zero attached hydrogens (tertiary/aromatic N) is 2. The zero-order chi connectivity index (χ0) is 26.2. The second kappa shape index (κ2) is 13.1. The average molecular weight is 543 g/mol. The Labute approximate surface area is 218 Å². The summed E-state index contributed by atoms with van der Waals surface area (Å²) in [7, 11) is -3.67. The molecule has 0 aromatic heterocycles. The molecule has 7 nitrogen and oxygen atoms in total. The van der Waals surface area contributed by atoms with E-state index in [1.165, 1.54) is 17.0 Å². The number of hydrogen-bond acceptors (Lipinski definition) is 4. The first-order valence-electron chi connectivity index (χ1n) is 11.4. The summed E-state index contributed by atoms with van der Waals surface area (Å²) in [6.07, 6.45) is 1.37. The maximum Gasteiger partial charge on any atom is 0.242 e. The van der Waals surface area contributed by atoms with Gasteiger partial charge in [-0.05, 0) is 43.0 Å². The van der Waals surface area contributed by atoms with Crippen LogP contribution in [0.3, 0.4) is 0 Å². The lowest BCUT2D eigenvalue weighted by molar-refractivity contribution is -0.140. The van der Waals surface area contributed by atoms with Gasteiger partial charge in [0.2, 0.25) is 21.8 Å². The lowest BCUT2D eigenvalue weighted by Gasteiger charge is -2.29. The third-order valence-corrected chi connectivity index (χ3v) is 7.11. The van der Waals surface area contributed by atoms with Crippen LogP contribution in [0.15, 0.2) is 48.5 Å². The van der Waals surface area contributed by atoms with Crippen LogP contribution in [0.5, 0.6) is 0 Å². The van der Waals surface area contributed by atoms with Crippen LogP contribution in [-0.4, -0.2) is 50.5 Å². The van der Waals surface area contributed by atoms with Gasteiger partial charge in [-0.1, -0.05) is 67.4 Å². The van der Waals surface area contributed by atoms with Crippen LogP contribution in [-0.2, 0) is 26.2 Å². The summed E-state index contributed by atoms with van der Waals surface area (Å²) in [6, 6.07) is 13.3. The largest absolute Gasteiger partial charge is 0.354 e. The van der Waals surface area contributed by atoms with E-state index < -0.39 is 16.1 Å². The number of carbonyl (C=O) groups excluding carboxylic acids is 2. The van der Waals surface area contributed by atoms with Crippen LogP contribution in [0.4, 0.5) is 5.69 Å². The van der Waals surface area contributed by atoms with E-state index in [4.69, 9.17) is 23.2 Å². The molecule has 1 N–H and O–H groups in total. The van der Waals surface area contributed by atoms with Crippen LogP contribution in [0.2, 0.25) is 10.0 Å². The van der Waals surface area contributed by atoms with Gasteiger partial charge in [-0.25, -0.2) is 8.42 Å². The topological polar surface area (TPSA) is 86.8 Å². The molecule has 0 saturated heterocycles. The molecule has 0 spiro atoms. The van der Waals surface area contributed by atoms with E-state index in [1.54, 1.807) is 13.0 Å². The number of halogens is 2. The van der Waals surface area contributed by atoms with Gasteiger partial charge in [0.1, 0.15) is 6.04 Å². The molecule has 2 amide bonds. The van der Waals surface area contributed by atoms with Crippen molar-refractivity contribution in [2.24, 2.45) is 5.92 Å². The molecular weight excluding hydrogens is 509 g/mol.